The zero-order valence-corrected chi connectivity index (χ0v) is 12.9. The molecule has 4 heteroatoms. The fraction of sp³-hybridized carbons (Fsp3) is 0.222. The zero-order valence-electron chi connectivity index (χ0n) is 12.9. The topological polar surface area (TPSA) is 66.4 Å². The van der Waals surface area contributed by atoms with Crippen LogP contribution in [-0.2, 0) is 9.59 Å². The van der Waals surface area contributed by atoms with Crippen molar-refractivity contribution < 1.29 is 14.7 Å². The van der Waals surface area contributed by atoms with Gasteiger partial charge in [0.25, 0.3) is 5.91 Å². The van der Waals surface area contributed by atoms with Crippen LogP contribution in [0.4, 0.5) is 5.69 Å². The predicted octanol–water partition coefficient (Wildman–Crippen LogP) is 3.76. The summed E-state index contributed by atoms with van der Waals surface area (Å²) in [5.74, 6) is -0.354. The van der Waals surface area contributed by atoms with Gasteiger partial charge in [0.2, 0.25) is 0 Å². The summed E-state index contributed by atoms with van der Waals surface area (Å²) >= 11 is 0. The van der Waals surface area contributed by atoms with Gasteiger partial charge in [0, 0.05) is 17.3 Å². The third-order valence-electron chi connectivity index (χ3n) is 3.26. The van der Waals surface area contributed by atoms with Gasteiger partial charge in [-0.3, -0.25) is 9.59 Å². The minimum absolute atomic E-state index is 0.0565. The van der Waals surface area contributed by atoms with Crippen molar-refractivity contribution in [2.45, 2.75) is 26.7 Å². The summed E-state index contributed by atoms with van der Waals surface area (Å²) in [6.45, 7) is 7.57. The third-order valence-corrected chi connectivity index (χ3v) is 3.26. The molecule has 0 bridgehead atoms. The van der Waals surface area contributed by atoms with E-state index in [9.17, 15) is 14.7 Å². The predicted molar refractivity (Wildman–Crippen MR) is 88.7 cm³/mol. The van der Waals surface area contributed by atoms with E-state index in [-0.39, 0.29) is 16.9 Å². The molecule has 0 aromatic heterocycles. The molecule has 0 fully saturated rings. The fourth-order valence-corrected chi connectivity index (χ4v) is 1.94. The number of benzene rings is 1. The van der Waals surface area contributed by atoms with Crippen molar-refractivity contribution in [1.29, 1.82) is 0 Å². The van der Waals surface area contributed by atoms with E-state index in [1.54, 1.807) is 18.2 Å². The molecule has 0 radical (unpaired) electrons. The first kappa shape index (κ1) is 17.4. The Morgan fingerprint density at radius 2 is 2.00 bits per heavy atom. The third kappa shape index (κ3) is 4.74. The van der Waals surface area contributed by atoms with Gasteiger partial charge in [-0.1, -0.05) is 38.1 Å². The normalized spacial score (nSPS) is 11.2. The lowest BCUT2D eigenvalue weighted by Crippen LogP contribution is -2.15. The highest BCUT2D eigenvalue weighted by Crippen LogP contribution is 2.19. The van der Waals surface area contributed by atoms with Crippen LogP contribution in [0.1, 0.15) is 26.7 Å². The fourth-order valence-electron chi connectivity index (χ4n) is 1.94. The standard InChI is InChI=1S/C18H21NO3/c1-4-13(5-2)10-17(14(6-3)12-20)18(22)19-15-8-7-9-16(21)11-15/h6-12,21H,3-5H2,1-2H3,(H,19,22)/b17-14-. The SMILES string of the molecule is C=C/C(C=O)=C(\C=C(CC)CC)C(=O)Nc1cccc(O)c1. The highest BCUT2D eigenvalue weighted by atomic mass is 16.3. The summed E-state index contributed by atoms with van der Waals surface area (Å²) in [5.41, 5.74) is 2.02. The van der Waals surface area contributed by atoms with Crippen molar-refractivity contribution in [1.82, 2.24) is 0 Å². The Kier molecular flexibility index (Phi) is 6.83. The van der Waals surface area contributed by atoms with Crippen molar-refractivity contribution in [2.75, 3.05) is 5.32 Å². The molecule has 0 aliphatic heterocycles. The van der Waals surface area contributed by atoms with Gasteiger partial charge in [-0.25, -0.2) is 0 Å². The van der Waals surface area contributed by atoms with Crippen LogP contribution in [-0.4, -0.2) is 17.3 Å². The highest BCUT2D eigenvalue weighted by Gasteiger charge is 2.13. The highest BCUT2D eigenvalue weighted by molar-refractivity contribution is 6.09. The number of phenolic OH excluding ortho intramolecular Hbond substituents is 1. The maximum atomic E-state index is 12.4. The van der Waals surface area contributed by atoms with Gasteiger partial charge in [-0.05, 0) is 31.1 Å². The zero-order chi connectivity index (χ0) is 16.5. The number of amides is 1. The number of allylic oxidation sites excluding steroid dienone is 3. The molecule has 0 aliphatic carbocycles. The van der Waals surface area contributed by atoms with E-state index in [0.717, 1.165) is 18.4 Å². The van der Waals surface area contributed by atoms with Crippen LogP contribution in [0.3, 0.4) is 0 Å². The average Bonchev–Trinajstić information content (AvgIpc) is 2.51. The molecule has 1 aromatic carbocycles. The van der Waals surface area contributed by atoms with Crippen LogP contribution >= 0.6 is 0 Å². The number of carbonyl (C=O) groups excluding carboxylic acids is 2. The Labute approximate surface area is 130 Å². The number of hydrogen-bond donors (Lipinski definition) is 2. The average molecular weight is 299 g/mol. The number of aldehydes is 1. The lowest BCUT2D eigenvalue weighted by Gasteiger charge is -2.10. The second kappa shape index (κ2) is 8.62. The van der Waals surface area contributed by atoms with Gasteiger partial charge < -0.3 is 10.4 Å². The summed E-state index contributed by atoms with van der Waals surface area (Å²) in [7, 11) is 0. The number of nitrogens with one attached hydrogen (secondary N) is 1. The molecular formula is C18H21NO3. The number of carbonyl (C=O) groups is 2. The number of rotatable bonds is 7. The first-order valence-corrected chi connectivity index (χ1v) is 7.17. The number of anilines is 1. The van der Waals surface area contributed by atoms with E-state index in [1.165, 1.54) is 18.2 Å². The Morgan fingerprint density at radius 3 is 2.50 bits per heavy atom. The molecule has 1 amide bonds. The van der Waals surface area contributed by atoms with E-state index in [2.05, 4.69) is 11.9 Å². The number of hydrogen-bond acceptors (Lipinski definition) is 3. The van der Waals surface area contributed by atoms with Crippen molar-refractivity contribution in [3.63, 3.8) is 0 Å². The molecule has 116 valence electrons. The van der Waals surface area contributed by atoms with E-state index >= 15 is 0 Å². The molecule has 1 aromatic rings. The molecule has 0 aliphatic rings. The second-order valence-electron chi connectivity index (χ2n) is 4.71. The summed E-state index contributed by atoms with van der Waals surface area (Å²) in [6.07, 6.45) is 5.29. The lowest BCUT2D eigenvalue weighted by atomic mass is 10.0. The van der Waals surface area contributed by atoms with E-state index in [0.29, 0.717) is 12.0 Å². The minimum Gasteiger partial charge on any atom is -0.508 e. The van der Waals surface area contributed by atoms with E-state index in [1.807, 2.05) is 13.8 Å². The van der Waals surface area contributed by atoms with Crippen LogP contribution in [0.25, 0.3) is 0 Å². The molecule has 0 heterocycles. The Morgan fingerprint density at radius 1 is 1.32 bits per heavy atom. The minimum atomic E-state index is -0.410. The Bertz CT molecular complexity index is 611. The summed E-state index contributed by atoms with van der Waals surface area (Å²) in [4.78, 5) is 23.6. The molecule has 0 spiro atoms. The first-order chi connectivity index (χ1) is 10.5. The molecule has 1 rings (SSSR count). The number of aromatic hydroxyl groups is 1. The molecular weight excluding hydrogens is 278 g/mol. The van der Waals surface area contributed by atoms with Gasteiger partial charge in [0.05, 0.1) is 5.57 Å². The van der Waals surface area contributed by atoms with Gasteiger partial charge in [0.15, 0.2) is 6.29 Å². The van der Waals surface area contributed by atoms with Gasteiger partial charge in [-0.2, -0.15) is 0 Å². The van der Waals surface area contributed by atoms with E-state index < -0.39 is 5.91 Å². The molecule has 0 saturated carbocycles. The smallest absolute Gasteiger partial charge is 0.256 e. The Balaban J connectivity index is 3.19. The van der Waals surface area contributed by atoms with Crippen molar-refractivity contribution in [3.05, 3.63) is 59.7 Å². The quantitative estimate of drug-likeness (QED) is 0.457. The summed E-state index contributed by atoms with van der Waals surface area (Å²) in [5, 5.41) is 12.1. The molecule has 0 atom stereocenters. The Hall–Kier alpha value is -2.62. The van der Waals surface area contributed by atoms with Crippen LogP contribution in [0.15, 0.2) is 59.7 Å². The molecule has 2 N–H and O–H groups in total. The number of phenols is 1. The lowest BCUT2D eigenvalue weighted by molar-refractivity contribution is -0.113. The monoisotopic (exact) mass is 299 g/mol. The molecule has 0 unspecified atom stereocenters. The summed E-state index contributed by atoms with van der Waals surface area (Å²) in [6, 6.07) is 6.24. The van der Waals surface area contributed by atoms with Crippen LogP contribution in [0, 0.1) is 0 Å². The van der Waals surface area contributed by atoms with E-state index in [4.69, 9.17) is 0 Å². The van der Waals surface area contributed by atoms with Crippen molar-refractivity contribution >= 4 is 17.9 Å². The largest absolute Gasteiger partial charge is 0.508 e. The summed E-state index contributed by atoms with van der Waals surface area (Å²) < 4.78 is 0. The molecule has 4 nitrogen and oxygen atoms in total. The van der Waals surface area contributed by atoms with Gasteiger partial charge in [-0.15, -0.1) is 0 Å². The van der Waals surface area contributed by atoms with Gasteiger partial charge >= 0.3 is 0 Å². The molecule has 22 heavy (non-hydrogen) atoms. The van der Waals surface area contributed by atoms with Gasteiger partial charge in [0.1, 0.15) is 5.75 Å². The first-order valence-electron chi connectivity index (χ1n) is 7.17. The van der Waals surface area contributed by atoms with Crippen LogP contribution in [0.2, 0.25) is 0 Å². The van der Waals surface area contributed by atoms with Crippen LogP contribution in [0.5, 0.6) is 5.75 Å². The maximum Gasteiger partial charge on any atom is 0.256 e. The maximum absolute atomic E-state index is 12.4. The van der Waals surface area contributed by atoms with Crippen molar-refractivity contribution in [2.24, 2.45) is 0 Å². The van der Waals surface area contributed by atoms with Crippen molar-refractivity contribution in [3.8, 4) is 5.75 Å². The van der Waals surface area contributed by atoms with Crippen LogP contribution < -0.4 is 5.32 Å². The second-order valence-corrected chi connectivity index (χ2v) is 4.71. The molecule has 0 saturated heterocycles.